The Bertz CT molecular complexity index is 957. The zero-order valence-electron chi connectivity index (χ0n) is 15.9. The molecule has 0 radical (unpaired) electrons. The van der Waals surface area contributed by atoms with Crippen LogP contribution in [0.5, 0.6) is 0 Å². The number of amides is 1. The minimum absolute atomic E-state index is 0.100. The van der Waals surface area contributed by atoms with E-state index in [0.29, 0.717) is 22.4 Å². The number of nitrogens with zero attached hydrogens (tertiary/aromatic N) is 2. The number of fused-ring (bicyclic) bond motifs is 1. The molecule has 5 atom stereocenters. The van der Waals surface area contributed by atoms with Crippen LogP contribution < -0.4 is 5.73 Å². The van der Waals surface area contributed by atoms with Gasteiger partial charge in [0.25, 0.3) is 0 Å². The minimum Gasteiger partial charge on any atom is -0.390 e. The van der Waals surface area contributed by atoms with Crippen LogP contribution in [0.25, 0.3) is 0 Å². The van der Waals surface area contributed by atoms with Crippen LogP contribution in [0, 0.1) is 11.7 Å². The van der Waals surface area contributed by atoms with Crippen molar-refractivity contribution in [1.29, 1.82) is 0 Å². The molecular weight excluding hydrogens is 429 g/mol. The summed E-state index contributed by atoms with van der Waals surface area (Å²) in [5.41, 5.74) is 7.07. The molecule has 1 saturated heterocycles. The lowest BCUT2D eigenvalue weighted by atomic mass is 9.80. The smallest absolute Gasteiger partial charge is 0.221 e. The zero-order valence-corrected chi connectivity index (χ0v) is 17.4. The van der Waals surface area contributed by atoms with Gasteiger partial charge in [0.05, 0.1) is 23.8 Å². The molecule has 2 aromatic carbocycles. The van der Waals surface area contributed by atoms with Gasteiger partial charge in [-0.1, -0.05) is 35.5 Å². The number of thioether (sulfide) groups is 1. The van der Waals surface area contributed by atoms with Crippen LogP contribution in [-0.2, 0) is 11.3 Å². The van der Waals surface area contributed by atoms with E-state index in [1.165, 1.54) is 23.9 Å². The molecule has 6 nitrogen and oxygen atoms in total. The van der Waals surface area contributed by atoms with Gasteiger partial charge in [0.2, 0.25) is 5.91 Å². The number of benzene rings is 2. The Balaban J connectivity index is 1.73. The van der Waals surface area contributed by atoms with Gasteiger partial charge < -0.3 is 20.8 Å². The lowest BCUT2D eigenvalue weighted by Crippen LogP contribution is -2.58. The molecular formula is C21H21ClFN3O3S. The van der Waals surface area contributed by atoms with E-state index < -0.39 is 30.1 Å². The third-order valence-corrected chi connectivity index (χ3v) is 7.17. The molecule has 1 heterocycles. The van der Waals surface area contributed by atoms with Gasteiger partial charge in [0, 0.05) is 16.8 Å². The third-order valence-electron chi connectivity index (χ3n) is 5.50. The van der Waals surface area contributed by atoms with Crippen molar-refractivity contribution in [2.24, 2.45) is 16.6 Å². The average Bonchev–Trinajstić information content (AvgIpc) is 3.06. The Morgan fingerprint density at radius 1 is 1.20 bits per heavy atom. The van der Waals surface area contributed by atoms with Crippen LogP contribution in [0.1, 0.15) is 12.0 Å². The maximum atomic E-state index is 13.3. The quantitative estimate of drug-likeness (QED) is 0.666. The lowest BCUT2D eigenvalue weighted by molar-refractivity contribution is -0.128. The summed E-state index contributed by atoms with van der Waals surface area (Å²) in [5.74, 6) is -1.46. The summed E-state index contributed by atoms with van der Waals surface area (Å²) in [6, 6.07) is 12.5. The first-order valence-electron chi connectivity index (χ1n) is 9.51. The van der Waals surface area contributed by atoms with Crippen LogP contribution in [0.2, 0.25) is 5.02 Å². The molecule has 1 saturated carbocycles. The fourth-order valence-corrected chi connectivity index (χ4v) is 5.68. The molecule has 0 aromatic heterocycles. The monoisotopic (exact) mass is 449 g/mol. The molecule has 0 bridgehead atoms. The average molecular weight is 450 g/mol. The van der Waals surface area contributed by atoms with E-state index in [-0.39, 0.29) is 17.5 Å². The van der Waals surface area contributed by atoms with Gasteiger partial charge in [-0.15, -0.1) is 0 Å². The number of carbonyl (C=O) groups is 1. The highest BCUT2D eigenvalue weighted by Gasteiger charge is 2.54. The van der Waals surface area contributed by atoms with Crippen LogP contribution in [0.15, 0.2) is 53.5 Å². The summed E-state index contributed by atoms with van der Waals surface area (Å²) in [4.78, 5) is 18.6. The van der Waals surface area contributed by atoms with Crippen molar-refractivity contribution in [1.82, 2.24) is 4.90 Å². The fraction of sp³-hybridized carbons (Fsp3) is 0.333. The Kier molecular flexibility index (Phi) is 6.02. The van der Waals surface area contributed by atoms with Crippen LogP contribution in [0.4, 0.5) is 10.1 Å². The van der Waals surface area contributed by atoms with Crippen molar-refractivity contribution in [2.75, 3.05) is 0 Å². The molecule has 2 fully saturated rings. The largest absolute Gasteiger partial charge is 0.390 e. The van der Waals surface area contributed by atoms with Gasteiger partial charge in [-0.2, -0.15) is 0 Å². The maximum absolute atomic E-state index is 13.3. The lowest BCUT2D eigenvalue weighted by Gasteiger charge is -2.41. The summed E-state index contributed by atoms with van der Waals surface area (Å²) < 4.78 is 13.3. The summed E-state index contributed by atoms with van der Waals surface area (Å²) in [6.07, 6.45) is -2.05. The van der Waals surface area contributed by atoms with Gasteiger partial charge in [-0.25, -0.2) is 9.38 Å². The second kappa shape index (κ2) is 8.55. The Hall–Kier alpha value is -2.13. The van der Waals surface area contributed by atoms with Gasteiger partial charge in [0.1, 0.15) is 11.9 Å². The molecule has 1 aliphatic heterocycles. The SMILES string of the molecule is NC(=O)[C@H]1C[C@@H](O)[C@H](O)[C@H]2[C@@H]1SC(=Nc1ccc(Cl)cc1)N2Cc1ccc(F)cc1. The van der Waals surface area contributed by atoms with Crippen LogP contribution in [0.3, 0.4) is 0 Å². The van der Waals surface area contributed by atoms with Crippen molar-refractivity contribution in [3.05, 3.63) is 64.9 Å². The third kappa shape index (κ3) is 4.18. The van der Waals surface area contributed by atoms with Crippen molar-refractivity contribution in [3.8, 4) is 0 Å². The zero-order chi connectivity index (χ0) is 21.4. The van der Waals surface area contributed by atoms with Crippen LogP contribution in [-0.4, -0.2) is 49.7 Å². The number of halogens is 2. The predicted molar refractivity (Wildman–Crippen MR) is 115 cm³/mol. The van der Waals surface area contributed by atoms with Gasteiger partial charge in [-0.3, -0.25) is 4.79 Å². The fourth-order valence-electron chi connectivity index (χ4n) is 3.98. The molecule has 2 aliphatic rings. The number of aliphatic hydroxyl groups excluding tert-OH is 2. The Morgan fingerprint density at radius 3 is 2.50 bits per heavy atom. The number of primary amides is 1. The molecule has 2 aromatic rings. The number of nitrogens with two attached hydrogens (primary N) is 1. The topological polar surface area (TPSA) is 99.2 Å². The number of amidine groups is 1. The number of carbonyl (C=O) groups excluding carboxylic acids is 1. The normalized spacial score (nSPS) is 29.8. The first-order valence-corrected chi connectivity index (χ1v) is 10.8. The maximum Gasteiger partial charge on any atom is 0.221 e. The van der Waals surface area contributed by atoms with Gasteiger partial charge in [0.15, 0.2) is 5.17 Å². The number of rotatable bonds is 4. The van der Waals surface area contributed by atoms with Crippen molar-refractivity contribution in [3.63, 3.8) is 0 Å². The second-order valence-electron chi connectivity index (χ2n) is 7.50. The summed E-state index contributed by atoms with van der Waals surface area (Å²) >= 11 is 7.32. The van der Waals surface area contributed by atoms with Gasteiger partial charge >= 0.3 is 0 Å². The van der Waals surface area contributed by atoms with Crippen LogP contribution >= 0.6 is 23.4 Å². The van der Waals surface area contributed by atoms with E-state index >= 15 is 0 Å². The van der Waals surface area contributed by atoms with Crippen molar-refractivity contribution < 1.29 is 19.4 Å². The number of hydrogen-bond acceptors (Lipinski definition) is 5. The molecule has 30 heavy (non-hydrogen) atoms. The highest BCUT2D eigenvalue weighted by Crippen LogP contribution is 2.45. The van der Waals surface area contributed by atoms with E-state index in [2.05, 4.69) is 0 Å². The number of aliphatic hydroxyl groups is 2. The molecule has 9 heteroatoms. The molecule has 4 N–H and O–H groups in total. The molecule has 158 valence electrons. The van der Waals surface area contributed by atoms with E-state index in [1.54, 1.807) is 36.4 Å². The summed E-state index contributed by atoms with van der Waals surface area (Å²) in [5, 5.41) is 22.0. The first kappa shape index (κ1) is 21.1. The summed E-state index contributed by atoms with van der Waals surface area (Å²) in [6.45, 7) is 0.329. The predicted octanol–water partition coefficient (Wildman–Crippen LogP) is 2.68. The summed E-state index contributed by atoms with van der Waals surface area (Å²) in [7, 11) is 0. The van der Waals surface area contributed by atoms with Crippen molar-refractivity contribution in [2.45, 2.75) is 36.5 Å². The molecule has 0 unspecified atom stereocenters. The van der Waals surface area contributed by atoms with Crippen molar-refractivity contribution >= 4 is 40.1 Å². The number of hydrogen-bond donors (Lipinski definition) is 3. The van der Waals surface area contributed by atoms with E-state index in [0.717, 1.165) is 5.56 Å². The molecule has 1 aliphatic carbocycles. The van der Waals surface area contributed by atoms with E-state index in [9.17, 15) is 19.4 Å². The standard InChI is InChI=1S/C21H21ClFN3O3S/c22-12-3-7-14(8-4-12)25-21-26(10-11-1-5-13(23)6-2-11)17-18(28)16(27)9-15(20(24)29)19(17)30-21/h1-8,15-19,27-28H,9-10H2,(H2,24,29)/t15-,16+,17-,18-,19+/m0/s1. The number of aliphatic imine (C=N–C) groups is 1. The minimum atomic E-state index is -1.07. The Morgan fingerprint density at radius 2 is 1.87 bits per heavy atom. The van der Waals surface area contributed by atoms with E-state index in [4.69, 9.17) is 22.3 Å². The van der Waals surface area contributed by atoms with Gasteiger partial charge in [-0.05, 0) is 48.4 Å². The second-order valence-corrected chi connectivity index (χ2v) is 9.08. The first-order chi connectivity index (χ1) is 14.3. The molecule has 1 amide bonds. The highest BCUT2D eigenvalue weighted by molar-refractivity contribution is 8.14. The van der Waals surface area contributed by atoms with E-state index in [1.807, 2.05) is 4.90 Å². The Labute approximate surface area is 182 Å². The molecule has 0 spiro atoms. The highest BCUT2D eigenvalue weighted by atomic mass is 35.5. The molecule has 4 rings (SSSR count).